The van der Waals surface area contributed by atoms with Gasteiger partial charge in [0.05, 0.1) is 11.5 Å². The van der Waals surface area contributed by atoms with Gasteiger partial charge in [-0.2, -0.15) is 0 Å². The van der Waals surface area contributed by atoms with Crippen LogP contribution in [-0.2, 0) is 19.4 Å². The summed E-state index contributed by atoms with van der Waals surface area (Å²) in [4.78, 5) is 12.6. The number of esters is 1. The predicted octanol–water partition coefficient (Wildman–Crippen LogP) is 2.85. The normalized spacial score (nSPS) is 24.9. The molecule has 2 N–H and O–H groups in total. The van der Waals surface area contributed by atoms with Crippen LogP contribution in [0, 0.1) is 6.92 Å². The van der Waals surface area contributed by atoms with E-state index in [2.05, 4.69) is 0 Å². The van der Waals surface area contributed by atoms with Gasteiger partial charge in [0.2, 0.25) is 0 Å². The molecule has 0 aliphatic heterocycles. The van der Waals surface area contributed by atoms with Crippen molar-refractivity contribution in [2.24, 2.45) is 5.73 Å². The Labute approximate surface area is 158 Å². The Bertz CT molecular complexity index is 925. The molecule has 0 heterocycles. The molecule has 0 spiro atoms. The number of rotatable bonds is 5. The first-order valence-corrected chi connectivity index (χ1v) is 10.2. The standard InChI is InChI=1S/C19H20ClNO4S/c1-3-25-18(22)19(21)16(13-6-4-12(2)5-7-13)17(19)26(23,24)15-10-8-14(20)9-11-15/h4-11,16-17H,3,21H2,1-2H3. The summed E-state index contributed by atoms with van der Waals surface area (Å²) in [7, 11) is -3.85. The molecule has 0 radical (unpaired) electrons. The molecule has 3 atom stereocenters. The number of hydrogen-bond acceptors (Lipinski definition) is 5. The molecule has 7 heteroatoms. The maximum absolute atomic E-state index is 13.1. The van der Waals surface area contributed by atoms with Crippen molar-refractivity contribution in [3.8, 4) is 0 Å². The Hall–Kier alpha value is -1.89. The Morgan fingerprint density at radius 3 is 2.27 bits per heavy atom. The van der Waals surface area contributed by atoms with E-state index in [1.54, 1.807) is 19.1 Å². The van der Waals surface area contributed by atoms with Gasteiger partial charge in [-0.25, -0.2) is 13.2 Å². The third-order valence-electron chi connectivity index (χ3n) is 4.72. The lowest BCUT2D eigenvalue weighted by Crippen LogP contribution is -2.41. The summed E-state index contributed by atoms with van der Waals surface area (Å²) in [5, 5.41) is -0.655. The van der Waals surface area contributed by atoms with E-state index >= 15 is 0 Å². The summed E-state index contributed by atoms with van der Waals surface area (Å²) < 4.78 is 31.4. The van der Waals surface area contributed by atoms with Crippen molar-refractivity contribution in [1.29, 1.82) is 0 Å². The average Bonchev–Trinajstić information content (AvgIpc) is 3.25. The molecule has 26 heavy (non-hydrogen) atoms. The van der Waals surface area contributed by atoms with Gasteiger partial charge >= 0.3 is 5.97 Å². The minimum atomic E-state index is -3.85. The van der Waals surface area contributed by atoms with Crippen LogP contribution in [0.25, 0.3) is 0 Å². The van der Waals surface area contributed by atoms with Crippen molar-refractivity contribution in [2.75, 3.05) is 6.61 Å². The highest BCUT2D eigenvalue weighted by molar-refractivity contribution is 7.92. The molecule has 3 rings (SSSR count). The monoisotopic (exact) mass is 393 g/mol. The highest BCUT2D eigenvalue weighted by Crippen LogP contribution is 2.56. The Balaban J connectivity index is 2.06. The fraction of sp³-hybridized carbons (Fsp3) is 0.316. The third-order valence-corrected chi connectivity index (χ3v) is 7.23. The molecule has 0 saturated heterocycles. The molecule has 5 nitrogen and oxygen atoms in total. The zero-order valence-electron chi connectivity index (χ0n) is 14.5. The fourth-order valence-electron chi connectivity index (χ4n) is 3.30. The Morgan fingerprint density at radius 1 is 1.15 bits per heavy atom. The highest BCUT2D eigenvalue weighted by Gasteiger charge is 2.74. The molecular formula is C19H20ClNO4S. The minimum Gasteiger partial charge on any atom is -0.465 e. The third kappa shape index (κ3) is 3.02. The summed E-state index contributed by atoms with van der Waals surface area (Å²) in [6, 6.07) is 13.2. The molecule has 0 bridgehead atoms. The first-order chi connectivity index (χ1) is 12.2. The van der Waals surface area contributed by atoms with Crippen LogP contribution in [0.3, 0.4) is 0 Å². The van der Waals surface area contributed by atoms with Gasteiger partial charge in [-0.05, 0) is 43.7 Å². The van der Waals surface area contributed by atoms with Crippen molar-refractivity contribution in [1.82, 2.24) is 0 Å². The van der Waals surface area contributed by atoms with Gasteiger partial charge in [0.25, 0.3) is 0 Å². The zero-order chi connectivity index (χ0) is 19.1. The van der Waals surface area contributed by atoms with E-state index in [0.717, 1.165) is 5.56 Å². The number of carbonyl (C=O) groups is 1. The van der Waals surface area contributed by atoms with Crippen molar-refractivity contribution in [3.63, 3.8) is 0 Å². The van der Waals surface area contributed by atoms with Crippen LogP contribution in [0.2, 0.25) is 5.02 Å². The van der Waals surface area contributed by atoms with Gasteiger partial charge in [-0.3, -0.25) is 0 Å². The number of carbonyl (C=O) groups excluding carboxylic acids is 1. The Morgan fingerprint density at radius 2 is 1.73 bits per heavy atom. The van der Waals surface area contributed by atoms with Crippen LogP contribution >= 0.6 is 11.6 Å². The number of aryl methyl sites for hydroxylation is 1. The lowest BCUT2D eigenvalue weighted by Gasteiger charge is -2.11. The zero-order valence-corrected chi connectivity index (χ0v) is 16.0. The van der Waals surface area contributed by atoms with Crippen LogP contribution in [0.1, 0.15) is 24.0 Å². The van der Waals surface area contributed by atoms with Gasteiger partial charge in [0, 0.05) is 10.9 Å². The molecule has 0 aromatic heterocycles. The maximum Gasteiger partial charge on any atom is 0.328 e. The van der Waals surface area contributed by atoms with Gasteiger partial charge < -0.3 is 10.5 Å². The SMILES string of the molecule is CCOC(=O)C1(N)C(c2ccc(C)cc2)C1S(=O)(=O)c1ccc(Cl)cc1. The van der Waals surface area contributed by atoms with Crippen LogP contribution in [-0.4, -0.2) is 31.8 Å². The summed E-state index contributed by atoms with van der Waals surface area (Å²) in [5.74, 6) is -1.36. The number of benzene rings is 2. The fourth-order valence-corrected chi connectivity index (χ4v) is 5.66. The second kappa shape index (κ2) is 6.68. The van der Waals surface area contributed by atoms with Crippen molar-refractivity contribution in [2.45, 2.75) is 35.4 Å². The van der Waals surface area contributed by atoms with Crippen LogP contribution in [0.15, 0.2) is 53.4 Å². The summed E-state index contributed by atoms with van der Waals surface area (Å²) >= 11 is 5.85. The van der Waals surface area contributed by atoms with Gasteiger partial charge in [0.1, 0.15) is 10.8 Å². The van der Waals surface area contributed by atoms with Gasteiger partial charge in [0.15, 0.2) is 9.84 Å². The number of halogens is 1. The predicted molar refractivity (Wildman–Crippen MR) is 99.9 cm³/mol. The number of sulfone groups is 1. The van der Waals surface area contributed by atoms with Crippen molar-refractivity contribution in [3.05, 3.63) is 64.7 Å². The van der Waals surface area contributed by atoms with Crippen LogP contribution in [0.4, 0.5) is 0 Å². The van der Waals surface area contributed by atoms with E-state index in [4.69, 9.17) is 22.1 Å². The number of hydrogen-bond donors (Lipinski definition) is 1. The lowest BCUT2D eigenvalue weighted by atomic mass is 10.1. The second-order valence-corrected chi connectivity index (χ2v) is 8.97. The molecule has 1 fully saturated rings. The van der Waals surface area contributed by atoms with E-state index in [-0.39, 0.29) is 11.5 Å². The van der Waals surface area contributed by atoms with E-state index in [1.807, 2.05) is 19.1 Å². The highest BCUT2D eigenvalue weighted by atomic mass is 35.5. The van der Waals surface area contributed by atoms with E-state index in [0.29, 0.717) is 10.6 Å². The van der Waals surface area contributed by atoms with Crippen molar-refractivity contribution < 1.29 is 17.9 Å². The molecule has 138 valence electrons. The van der Waals surface area contributed by atoms with Gasteiger partial charge in [-0.1, -0.05) is 41.4 Å². The molecular weight excluding hydrogens is 374 g/mol. The maximum atomic E-state index is 13.1. The summed E-state index contributed by atoms with van der Waals surface area (Å²) in [5.41, 5.74) is 6.44. The van der Waals surface area contributed by atoms with Crippen LogP contribution in [0.5, 0.6) is 0 Å². The lowest BCUT2D eigenvalue weighted by molar-refractivity contribution is -0.145. The smallest absolute Gasteiger partial charge is 0.328 e. The molecule has 2 aromatic carbocycles. The second-order valence-electron chi connectivity index (χ2n) is 6.46. The Kier molecular flexibility index (Phi) is 4.86. The molecule has 1 saturated carbocycles. The van der Waals surface area contributed by atoms with E-state index in [9.17, 15) is 13.2 Å². The van der Waals surface area contributed by atoms with E-state index < -0.39 is 32.5 Å². The first-order valence-electron chi connectivity index (χ1n) is 8.25. The molecule has 1 aliphatic rings. The first kappa shape index (κ1) is 18.9. The molecule has 0 amide bonds. The topological polar surface area (TPSA) is 86.5 Å². The summed E-state index contributed by atoms with van der Waals surface area (Å²) in [6.45, 7) is 3.72. The number of ether oxygens (including phenoxy) is 1. The quantitative estimate of drug-likeness (QED) is 0.789. The minimum absolute atomic E-state index is 0.0839. The molecule has 1 aliphatic carbocycles. The largest absolute Gasteiger partial charge is 0.465 e. The summed E-state index contributed by atoms with van der Waals surface area (Å²) in [6.07, 6.45) is 0. The average molecular weight is 394 g/mol. The van der Waals surface area contributed by atoms with E-state index in [1.165, 1.54) is 24.3 Å². The number of nitrogens with two attached hydrogens (primary N) is 1. The van der Waals surface area contributed by atoms with Gasteiger partial charge in [-0.15, -0.1) is 0 Å². The molecule has 2 aromatic rings. The molecule has 3 unspecified atom stereocenters. The van der Waals surface area contributed by atoms with Crippen LogP contribution < -0.4 is 5.73 Å². The van der Waals surface area contributed by atoms with Crippen molar-refractivity contribution >= 4 is 27.4 Å².